The van der Waals surface area contributed by atoms with Crippen LogP contribution in [-0.4, -0.2) is 31.2 Å². The number of benzene rings is 1. The van der Waals surface area contributed by atoms with Crippen molar-refractivity contribution < 1.29 is 17.6 Å². The van der Waals surface area contributed by atoms with Gasteiger partial charge in [0.2, 0.25) is 6.43 Å². The molecular formula is C15H11F4N5O. The molecule has 0 spiro atoms. The first-order valence-corrected chi connectivity index (χ1v) is 7.49. The summed E-state index contributed by atoms with van der Waals surface area (Å²) in [6.07, 6.45) is -1.05. The lowest BCUT2D eigenvalue weighted by molar-refractivity contribution is 0.115. The summed E-state index contributed by atoms with van der Waals surface area (Å²) in [7, 11) is 0. The van der Waals surface area contributed by atoms with Crippen molar-refractivity contribution in [3.63, 3.8) is 0 Å². The maximum atomic E-state index is 13.7. The van der Waals surface area contributed by atoms with Gasteiger partial charge in [0, 0.05) is 11.5 Å². The van der Waals surface area contributed by atoms with Crippen molar-refractivity contribution >= 4 is 11.0 Å². The van der Waals surface area contributed by atoms with Gasteiger partial charge >= 0.3 is 0 Å². The van der Waals surface area contributed by atoms with E-state index in [0.29, 0.717) is 0 Å². The van der Waals surface area contributed by atoms with E-state index in [0.717, 1.165) is 16.8 Å². The Hall–Kier alpha value is -2.78. The number of aromatic nitrogens is 5. The normalized spacial score (nSPS) is 19.7. The molecule has 1 aromatic carbocycles. The number of alkyl halides is 2. The third kappa shape index (κ3) is 2.67. The standard InChI is InChI=1S/C15H11F4N5O/c16-9-2-1-3-10(17)8(9)5-23-6-11-13(21-23)15(25)24(22-20-11)12-4-7(12)14(18)19/h1-3,6-7,12,14H,4-5H2/t7-,12-/m0/s1. The molecule has 6 nitrogen and oxygen atoms in total. The monoisotopic (exact) mass is 353 g/mol. The topological polar surface area (TPSA) is 65.6 Å². The molecule has 0 aliphatic heterocycles. The van der Waals surface area contributed by atoms with E-state index >= 15 is 0 Å². The molecule has 1 aliphatic carbocycles. The Morgan fingerprint density at radius 1 is 1.24 bits per heavy atom. The van der Waals surface area contributed by atoms with E-state index in [1.807, 2.05) is 0 Å². The van der Waals surface area contributed by atoms with Crippen molar-refractivity contribution in [1.29, 1.82) is 0 Å². The van der Waals surface area contributed by atoms with Crippen LogP contribution in [-0.2, 0) is 6.54 Å². The molecular weight excluding hydrogens is 342 g/mol. The zero-order valence-corrected chi connectivity index (χ0v) is 12.6. The van der Waals surface area contributed by atoms with Crippen LogP contribution in [0, 0.1) is 17.6 Å². The minimum Gasteiger partial charge on any atom is -0.265 e. The Labute approximate surface area is 137 Å². The SMILES string of the molecule is O=c1c2nn(Cc3c(F)cccc3F)cc2nnn1[C@H]1C[C@@H]1C(F)F. The van der Waals surface area contributed by atoms with E-state index in [4.69, 9.17) is 0 Å². The fourth-order valence-electron chi connectivity index (χ4n) is 2.78. The van der Waals surface area contributed by atoms with Crippen molar-refractivity contribution in [2.45, 2.75) is 25.4 Å². The molecule has 1 saturated carbocycles. The van der Waals surface area contributed by atoms with E-state index in [2.05, 4.69) is 15.4 Å². The molecule has 1 aliphatic rings. The number of fused-ring (bicyclic) bond motifs is 1. The summed E-state index contributed by atoms with van der Waals surface area (Å²) >= 11 is 0. The highest BCUT2D eigenvalue weighted by Gasteiger charge is 2.47. The van der Waals surface area contributed by atoms with E-state index in [9.17, 15) is 22.4 Å². The van der Waals surface area contributed by atoms with Gasteiger partial charge in [0.15, 0.2) is 5.52 Å². The van der Waals surface area contributed by atoms with Crippen molar-refractivity contribution in [3.05, 3.63) is 51.9 Å². The molecule has 0 bridgehead atoms. The lowest BCUT2D eigenvalue weighted by Crippen LogP contribution is -2.24. The van der Waals surface area contributed by atoms with Gasteiger partial charge in [-0.05, 0) is 18.6 Å². The van der Waals surface area contributed by atoms with Gasteiger partial charge in [0.05, 0.1) is 18.8 Å². The van der Waals surface area contributed by atoms with Crippen molar-refractivity contribution in [2.75, 3.05) is 0 Å². The quantitative estimate of drug-likeness (QED) is 0.674. The third-order valence-electron chi connectivity index (χ3n) is 4.23. The van der Waals surface area contributed by atoms with Crippen LogP contribution in [0.2, 0.25) is 0 Å². The highest BCUT2D eigenvalue weighted by atomic mass is 19.3. The number of rotatable bonds is 4. The summed E-state index contributed by atoms with van der Waals surface area (Å²) in [5.41, 5.74) is -0.798. The Morgan fingerprint density at radius 2 is 1.96 bits per heavy atom. The van der Waals surface area contributed by atoms with Crippen LogP contribution < -0.4 is 5.56 Å². The van der Waals surface area contributed by atoms with Crippen LogP contribution >= 0.6 is 0 Å². The van der Waals surface area contributed by atoms with Gasteiger partial charge in [-0.3, -0.25) is 9.48 Å². The first-order chi connectivity index (χ1) is 12.0. The molecule has 0 N–H and O–H groups in total. The summed E-state index contributed by atoms with van der Waals surface area (Å²) < 4.78 is 54.9. The smallest absolute Gasteiger partial charge is 0.265 e. The molecule has 25 heavy (non-hydrogen) atoms. The maximum absolute atomic E-state index is 13.7. The summed E-state index contributed by atoms with van der Waals surface area (Å²) in [4.78, 5) is 12.4. The van der Waals surface area contributed by atoms with Gasteiger partial charge < -0.3 is 0 Å². The Balaban J connectivity index is 1.69. The fourth-order valence-corrected chi connectivity index (χ4v) is 2.78. The van der Waals surface area contributed by atoms with Crippen LogP contribution in [0.15, 0.2) is 29.2 Å². The molecule has 3 aromatic rings. The first kappa shape index (κ1) is 15.7. The number of nitrogens with zero attached hydrogens (tertiary/aromatic N) is 5. The second kappa shape index (κ2) is 5.64. The third-order valence-corrected chi connectivity index (χ3v) is 4.23. The molecule has 4 rings (SSSR count). The summed E-state index contributed by atoms with van der Waals surface area (Å²) in [5.74, 6) is -2.39. The molecule has 2 aromatic heterocycles. The molecule has 1 fully saturated rings. The summed E-state index contributed by atoms with van der Waals surface area (Å²) in [5, 5.41) is 11.5. The van der Waals surface area contributed by atoms with Gasteiger partial charge in [-0.25, -0.2) is 22.2 Å². The Bertz CT molecular complexity index is 995. The van der Waals surface area contributed by atoms with E-state index < -0.39 is 35.6 Å². The van der Waals surface area contributed by atoms with Gasteiger partial charge in [0.25, 0.3) is 5.56 Å². The number of hydrogen-bond acceptors (Lipinski definition) is 4. The Kier molecular flexibility index (Phi) is 3.55. The predicted molar refractivity (Wildman–Crippen MR) is 78.2 cm³/mol. The summed E-state index contributed by atoms with van der Waals surface area (Å²) in [6, 6.07) is 2.78. The van der Waals surface area contributed by atoms with Gasteiger partial charge in [-0.2, -0.15) is 5.10 Å². The molecule has 2 atom stereocenters. The zero-order chi connectivity index (χ0) is 17.7. The van der Waals surface area contributed by atoms with Gasteiger partial charge in [-0.1, -0.05) is 11.3 Å². The average molecular weight is 353 g/mol. The van der Waals surface area contributed by atoms with Crippen molar-refractivity contribution in [1.82, 2.24) is 24.8 Å². The first-order valence-electron chi connectivity index (χ1n) is 7.49. The minimum atomic E-state index is -2.53. The molecule has 0 radical (unpaired) electrons. The zero-order valence-electron chi connectivity index (χ0n) is 12.6. The highest BCUT2D eigenvalue weighted by Crippen LogP contribution is 2.46. The molecule has 0 unspecified atom stereocenters. The van der Waals surface area contributed by atoms with Crippen molar-refractivity contribution in [2.24, 2.45) is 5.92 Å². The molecule has 2 heterocycles. The summed E-state index contributed by atoms with van der Waals surface area (Å²) in [6.45, 7) is -0.239. The molecule has 10 heteroatoms. The minimum absolute atomic E-state index is 0.0772. The van der Waals surface area contributed by atoms with Crippen molar-refractivity contribution in [3.8, 4) is 0 Å². The van der Waals surface area contributed by atoms with Crippen LogP contribution in [0.1, 0.15) is 18.0 Å². The van der Waals surface area contributed by atoms with E-state index in [1.165, 1.54) is 16.9 Å². The Morgan fingerprint density at radius 3 is 2.60 bits per heavy atom. The molecule has 0 amide bonds. The molecule has 0 saturated heterocycles. The average Bonchev–Trinajstić information content (AvgIpc) is 3.24. The fraction of sp³-hybridized carbons (Fsp3) is 0.333. The second-order valence-corrected chi connectivity index (χ2v) is 5.90. The second-order valence-electron chi connectivity index (χ2n) is 5.90. The lowest BCUT2D eigenvalue weighted by atomic mass is 10.2. The van der Waals surface area contributed by atoms with Crippen LogP contribution in [0.25, 0.3) is 11.0 Å². The maximum Gasteiger partial charge on any atom is 0.298 e. The van der Waals surface area contributed by atoms with Crippen LogP contribution in [0.5, 0.6) is 0 Å². The van der Waals surface area contributed by atoms with E-state index in [-0.39, 0.29) is 29.6 Å². The molecule has 130 valence electrons. The lowest BCUT2D eigenvalue weighted by Gasteiger charge is -2.04. The van der Waals surface area contributed by atoms with Crippen LogP contribution in [0.4, 0.5) is 17.6 Å². The number of halogens is 4. The van der Waals surface area contributed by atoms with E-state index in [1.54, 1.807) is 0 Å². The van der Waals surface area contributed by atoms with Crippen LogP contribution in [0.3, 0.4) is 0 Å². The largest absolute Gasteiger partial charge is 0.298 e. The highest BCUT2D eigenvalue weighted by molar-refractivity contribution is 5.71. The van der Waals surface area contributed by atoms with Gasteiger partial charge in [0.1, 0.15) is 17.2 Å². The number of hydrogen-bond donors (Lipinski definition) is 0. The van der Waals surface area contributed by atoms with Gasteiger partial charge in [-0.15, -0.1) is 5.10 Å². The predicted octanol–water partition coefficient (Wildman–Crippen LogP) is 2.14.